The molecule has 0 radical (unpaired) electrons. The van der Waals surface area contributed by atoms with E-state index in [1.807, 2.05) is 41.2 Å². The van der Waals surface area contributed by atoms with Gasteiger partial charge in [0.25, 0.3) is 0 Å². The molecule has 1 aromatic heterocycles. The summed E-state index contributed by atoms with van der Waals surface area (Å²) in [6.07, 6.45) is 11.3. The van der Waals surface area contributed by atoms with Gasteiger partial charge in [0.1, 0.15) is 27.9 Å². The molecule has 0 spiro atoms. The van der Waals surface area contributed by atoms with Gasteiger partial charge in [0.15, 0.2) is 11.5 Å². The molecule has 0 saturated heterocycles. The van der Waals surface area contributed by atoms with Gasteiger partial charge in [-0.2, -0.15) is 0 Å². The highest BCUT2D eigenvalue weighted by Gasteiger charge is 2.40. The third-order valence-corrected chi connectivity index (χ3v) is 21.0. The van der Waals surface area contributed by atoms with E-state index >= 15 is 0 Å². The van der Waals surface area contributed by atoms with Crippen LogP contribution in [0.4, 0.5) is 5.69 Å². The van der Waals surface area contributed by atoms with E-state index in [1.165, 1.54) is 38.5 Å². The molecular formula is C72H81B2N8O6Si+. The van der Waals surface area contributed by atoms with Crippen LogP contribution < -0.4 is 26.3 Å². The summed E-state index contributed by atoms with van der Waals surface area (Å²) < 4.78 is 4.02. The number of amides is 1. The van der Waals surface area contributed by atoms with E-state index in [-0.39, 0.29) is 11.7 Å². The molecule has 10 rings (SSSR count). The zero-order valence-corrected chi connectivity index (χ0v) is 53.6. The summed E-state index contributed by atoms with van der Waals surface area (Å²) in [6.45, 7) is 19.4. The van der Waals surface area contributed by atoms with Crippen LogP contribution in [-0.2, 0) is 35.8 Å². The van der Waals surface area contributed by atoms with Crippen molar-refractivity contribution in [1.82, 2.24) is 30.1 Å². The molecule has 89 heavy (non-hydrogen) atoms. The predicted octanol–water partition coefficient (Wildman–Crippen LogP) is 8.55. The number of fused-ring (bicyclic) bond motifs is 4. The molecule has 0 bridgehead atoms. The first-order valence-electron chi connectivity index (χ1n) is 30.6. The molecule has 1 aliphatic carbocycles. The molecular weight excluding hydrogens is 1120 g/mol. The molecule has 14 nitrogen and oxygen atoms in total. The summed E-state index contributed by atoms with van der Waals surface area (Å²) in [5, 5.41) is 61.8. The largest absolute Gasteiger partial charge is 0.488 e. The van der Waals surface area contributed by atoms with E-state index in [0.717, 1.165) is 66.3 Å². The molecule has 5 N–H and O–H groups in total. The van der Waals surface area contributed by atoms with Crippen LogP contribution >= 0.6 is 0 Å². The van der Waals surface area contributed by atoms with E-state index in [1.54, 1.807) is 32.0 Å². The fraction of sp³-hybridized carbons (Fsp3) is 0.264. The van der Waals surface area contributed by atoms with Crippen LogP contribution in [0.1, 0.15) is 72.9 Å². The second-order valence-corrected chi connectivity index (χ2v) is 29.1. The van der Waals surface area contributed by atoms with E-state index < -0.39 is 22.3 Å². The van der Waals surface area contributed by atoms with Crippen molar-refractivity contribution in [3.63, 3.8) is 0 Å². The van der Waals surface area contributed by atoms with Crippen molar-refractivity contribution in [2.24, 2.45) is 0 Å². The number of nitrogens with one attached hydrogen (secondary N) is 1. The number of anilines is 1. The van der Waals surface area contributed by atoms with Crippen molar-refractivity contribution < 1.29 is 34.3 Å². The Bertz CT molecular complexity index is 4160. The van der Waals surface area contributed by atoms with E-state index in [4.69, 9.17) is 10.3 Å². The first kappa shape index (κ1) is 63.6. The highest BCUT2D eigenvalue weighted by atomic mass is 28.3. The number of rotatable bonds is 25. The molecule has 1 aliphatic heterocycles. The zero-order chi connectivity index (χ0) is 63.3. The molecule has 0 fully saturated rings. The van der Waals surface area contributed by atoms with Crippen LogP contribution in [-0.4, -0.2) is 137 Å². The molecule has 0 saturated carbocycles. The monoisotopic (exact) mass is 1200 g/mol. The van der Waals surface area contributed by atoms with E-state index in [0.29, 0.717) is 93.6 Å². The summed E-state index contributed by atoms with van der Waals surface area (Å²) in [5.41, 5.74) is 15.2. The minimum atomic E-state index is -2.13. The lowest BCUT2D eigenvalue weighted by Gasteiger charge is -2.38. The van der Waals surface area contributed by atoms with Gasteiger partial charge in [-0.15, -0.1) is 5.10 Å². The predicted molar refractivity (Wildman–Crippen MR) is 367 cm³/mol. The molecule has 17 heteroatoms. The quantitative estimate of drug-likeness (QED) is 0.0122. The molecule has 2 heterocycles. The van der Waals surface area contributed by atoms with E-state index in [9.17, 15) is 29.7 Å². The number of carbonyl (C=O) groups excluding carboxylic acids is 2. The number of benzene rings is 7. The van der Waals surface area contributed by atoms with Crippen LogP contribution in [0.2, 0.25) is 13.1 Å². The number of unbranched alkanes of at least 4 members (excludes halogenated alkanes) is 1. The maximum absolute atomic E-state index is 12.8. The first-order valence-corrected chi connectivity index (χ1v) is 33.6. The molecule has 0 atom stereocenters. The second kappa shape index (κ2) is 27.6. The molecule has 2 aliphatic rings. The number of carbonyl (C=O) groups is 2. The van der Waals surface area contributed by atoms with Crippen LogP contribution in [0, 0.1) is 0 Å². The Morgan fingerprint density at radius 3 is 1.84 bits per heavy atom. The van der Waals surface area contributed by atoms with Crippen molar-refractivity contribution in [3.8, 4) is 16.9 Å². The molecule has 8 aromatic rings. The Labute approximate surface area is 525 Å². The van der Waals surface area contributed by atoms with Crippen molar-refractivity contribution in [3.05, 3.63) is 226 Å². The van der Waals surface area contributed by atoms with Gasteiger partial charge >= 0.3 is 14.2 Å². The lowest BCUT2D eigenvalue weighted by molar-refractivity contribution is -0.462. The van der Waals surface area contributed by atoms with E-state index in [2.05, 4.69) is 182 Å². The van der Waals surface area contributed by atoms with Gasteiger partial charge in [-0.3, -0.25) is 19.4 Å². The normalized spacial score (nSPS) is 13.4. The lowest BCUT2D eigenvalue weighted by Crippen LogP contribution is -2.49. The minimum Gasteiger partial charge on any atom is -0.423 e. The number of hydrogen-bond acceptors (Lipinski definition) is 11. The number of nitrogens with zero attached hydrogens (tertiary/aromatic N) is 7. The Kier molecular flexibility index (Phi) is 19.7. The van der Waals surface area contributed by atoms with Gasteiger partial charge in [0, 0.05) is 88.8 Å². The van der Waals surface area contributed by atoms with Gasteiger partial charge in [0.2, 0.25) is 5.91 Å². The average molecular weight is 1200 g/mol. The topological polar surface area (TPSA) is 171 Å². The Morgan fingerprint density at radius 1 is 0.663 bits per heavy atom. The summed E-state index contributed by atoms with van der Waals surface area (Å²) in [5.74, 6) is -0.161. The summed E-state index contributed by atoms with van der Waals surface area (Å²) in [7, 11) is 2.94. The fourth-order valence-corrected chi connectivity index (χ4v) is 15.6. The zero-order valence-electron chi connectivity index (χ0n) is 52.6. The van der Waals surface area contributed by atoms with Crippen molar-refractivity contribution in [2.45, 2.75) is 78.8 Å². The van der Waals surface area contributed by atoms with Crippen LogP contribution in [0.15, 0.2) is 193 Å². The highest BCUT2D eigenvalue weighted by Crippen LogP contribution is 2.43. The number of ketones is 1. The van der Waals surface area contributed by atoms with Crippen molar-refractivity contribution in [1.29, 1.82) is 0 Å². The number of hydrogen-bond donors (Lipinski definition) is 5. The van der Waals surface area contributed by atoms with Crippen LogP contribution in [0.25, 0.3) is 44.1 Å². The third-order valence-electron chi connectivity index (χ3n) is 17.5. The maximum atomic E-state index is 12.8. The van der Waals surface area contributed by atoms with Gasteiger partial charge in [-0.25, -0.2) is 9.26 Å². The van der Waals surface area contributed by atoms with Gasteiger partial charge in [0.05, 0.1) is 11.9 Å². The molecule has 1 amide bonds. The Hall–Kier alpha value is -8.38. The standard InChI is InChI=1S/C72H80B2N8O6Si/c1-48(2)68(83)26-17-18-38-80(43-52-20-11-15-24-65(52)73(85)86)46-64-58-23-14-13-22-57(58)63(45-81(39-19-37-75-72(84)49(3)4)44-53-21-12-16-25-66(53)74(87)88)59-34-33-56(40-62(59)64)82-47-67(76-77-82)50-27-29-51(30-28-50)71-60-35-31-54(78(5)6)41-69(60)89(9,10)70-42-55(79(7)8)32-36-61(70)71/h11-16,20-25,27-36,40-42,47,85-88H,1,3,17-19,26,37-39,43-46H2,2,4-10H3/p+1. The Morgan fingerprint density at radius 2 is 1.25 bits per heavy atom. The Balaban J connectivity index is 1.07. The lowest BCUT2D eigenvalue weighted by atomic mass is 9.77. The van der Waals surface area contributed by atoms with Gasteiger partial charge < -0.3 is 30.3 Å². The minimum absolute atomic E-state index is 0.0411. The smallest absolute Gasteiger partial charge is 0.423 e. The van der Waals surface area contributed by atoms with Crippen molar-refractivity contribution in [2.75, 3.05) is 52.7 Å². The molecule has 0 unspecified atom stereocenters. The van der Waals surface area contributed by atoms with Gasteiger partial charge in [-0.1, -0.05) is 141 Å². The van der Waals surface area contributed by atoms with Crippen molar-refractivity contribution >= 4 is 88.6 Å². The maximum Gasteiger partial charge on any atom is 0.488 e. The number of allylic oxidation sites excluding steroid dienone is 6. The number of Topliss-reactive ketones (excluding diaryl/α,β-unsaturated/α-hetero) is 1. The summed E-state index contributed by atoms with van der Waals surface area (Å²) in [6, 6.07) is 45.3. The first-order chi connectivity index (χ1) is 42.7. The average Bonchev–Trinajstić information content (AvgIpc) is 1.13. The molecule has 7 aromatic carbocycles. The summed E-state index contributed by atoms with van der Waals surface area (Å²) in [4.78, 5) is 32.2. The fourth-order valence-electron chi connectivity index (χ4n) is 12.6. The highest BCUT2D eigenvalue weighted by molar-refractivity contribution is 6.98. The summed E-state index contributed by atoms with van der Waals surface area (Å²) >= 11 is 0. The van der Waals surface area contributed by atoms with Gasteiger partial charge in [-0.05, 0) is 163 Å². The number of aromatic nitrogens is 3. The third kappa shape index (κ3) is 14.1. The van der Waals surface area contributed by atoms with Crippen LogP contribution in [0.3, 0.4) is 0 Å². The SMILES string of the molecule is C=C(C)C(=O)CCCCN(Cc1ccccc1B(O)O)Cc1c2ccccc2c(CN(CCCNC(=O)C(=C)C)Cc2ccccc2B(O)O)c2ccc(-n3cc(-c4ccc(C5=C6C=CC(=[N+](C)C)C=C6[Si](C)(C)c6cc(N(C)C)ccc65)cc4)nn3)cc12. The second-order valence-electron chi connectivity index (χ2n) is 24.7. The molecule has 454 valence electrons. The van der Waals surface area contributed by atoms with Crippen LogP contribution in [0.5, 0.6) is 0 Å².